The average molecular weight is 1160 g/mol. The summed E-state index contributed by atoms with van der Waals surface area (Å²) in [6.07, 6.45) is 92.5. The van der Waals surface area contributed by atoms with E-state index in [2.05, 4.69) is 81.5 Å². The summed E-state index contributed by atoms with van der Waals surface area (Å²) >= 11 is 0. The van der Waals surface area contributed by atoms with E-state index in [-0.39, 0.29) is 31.1 Å². The van der Waals surface area contributed by atoms with Gasteiger partial charge in [-0.25, -0.2) is 0 Å². The third-order valence-corrected chi connectivity index (χ3v) is 16.5. The maximum atomic E-state index is 13.0. The van der Waals surface area contributed by atoms with Gasteiger partial charge in [-0.3, -0.25) is 14.4 Å². The Labute approximate surface area is 517 Å². The molecular formula is C77H140O6. The molecule has 6 nitrogen and oxygen atoms in total. The summed E-state index contributed by atoms with van der Waals surface area (Å²) in [5.41, 5.74) is 0. The number of carbonyl (C=O) groups excluding carboxylic acids is 3. The summed E-state index contributed by atoms with van der Waals surface area (Å²) in [6.45, 7) is 6.60. The van der Waals surface area contributed by atoms with Crippen LogP contribution in [0.2, 0.25) is 0 Å². The van der Waals surface area contributed by atoms with Crippen molar-refractivity contribution in [1.29, 1.82) is 0 Å². The van der Waals surface area contributed by atoms with Gasteiger partial charge in [0.1, 0.15) is 13.2 Å². The molecule has 0 aliphatic heterocycles. The van der Waals surface area contributed by atoms with E-state index in [1.807, 2.05) is 0 Å². The van der Waals surface area contributed by atoms with Crippen molar-refractivity contribution >= 4 is 17.9 Å². The van der Waals surface area contributed by atoms with E-state index < -0.39 is 6.10 Å². The number of hydrogen-bond acceptors (Lipinski definition) is 6. The highest BCUT2D eigenvalue weighted by molar-refractivity contribution is 5.71. The molecule has 0 heterocycles. The number of unbranched alkanes of at least 4 members (excludes halogenated alkanes) is 47. The fraction of sp³-hybridized carbons (Fsp3) is 0.831. The molecule has 0 aliphatic rings. The molecule has 1 atom stereocenters. The summed E-state index contributed by atoms with van der Waals surface area (Å²) in [6, 6.07) is 0. The maximum absolute atomic E-state index is 13.0. The fourth-order valence-electron chi connectivity index (χ4n) is 11.1. The lowest BCUT2D eigenvalue weighted by Crippen LogP contribution is -2.30. The van der Waals surface area contributed by atoms with Crippen molar-refractivity contribution in [2.75, 3.05) is 13.2 Å². The van der Waals surface area contributed by atoms with Crippen molar-refractivity contribution in [2.24, 2.45) is 0 Å². The van der Waals surface area contributed by atoms with Crippen LogP contribution in [0.25, 0.3) is 0 Å². The summed E-state index contributed by atoms with van der Waals surface area (Å²) in [5, 5.41) is 0. The summed E-state index contributed by atoms with van der Waals surface area (Å²) in [4.78, 5) is 38.5. The Hall–Kier alpha value is -2.89. The van der Waals surface area contributed by atoms with E-state index in [4.69, 9.17) is 14.2 Å². The van der Waals surface area contributed by atoms with Crippen molar-refractivity contribution in [2.45, 2.75) is 399 Å². The van der Waals surface area contributed by atoms with Crippen LogP contribution in [0, 0.1) is 0 Å². The van der Waals surface area contributed by atoms with Crippen LogP contribution >= 0.6 is 0 Å². The third kappa shape index (κ3) is 69.8. The van der Waals surface area contributed by atoms with Crippen molar-refractivity contribution < 1.29 is 28.6 Å². The molecule has 0 amide bonds. The van der Waals surface area contributed by atoms with Gasteiger partial charge in [-0.1, -0.05) is 370 Å². The molecule has 0 aromatic carbocycles. The predicted octanol–water partition coefficient (Wildman–Crippen LogP) is 25.5. The minimum Gasteiger partial charge on any atom is -0.462 e. The molecular weight excluding hydrogens is 1020 g/mol. The number of carbonyl (C=O) groups is 3. The van der Waals surface area contributed by atoms with E-state index in [9.17, 15) is 14.4 Å². The van der Waals surface area contributed by atoms with Crippen LogP contribution in [-0.4, -0.2) is 37.2 Å². The number of ether oxygens (including phenoxy) is 3. The van der Waals surface area contributed by atoms with Crippen molar-refractivity contribution in [1.82, 2.24) is 0 Å². The van der Waals surface area contributed by atoms with Gasteiger partial charge in [0.2, 0.25) is 0 Å². The quantitative estimate of drug-likeness (QED) is 0.0261. The Morgan fingerprint density at radius 2 is 0.470 bits per heavy atom. The number of allylic oxidation sites excluding steroid dienone is 10. The molecule has 0 saturated carbocycles. The molecule has 0 spiro atoms. The van der Waals surface area contributed by atoms with Crippen LogP contribution in [0.5, 0.6) is 0 Å². The summed E-state index contributed by atoms with van der Waals surface area (Å²) in [5.74, 6) is -0.835. The van der Waals surface area contributed by atoms with Crippen LogP contribution < -0.4 is 0 Å². The summed E-state index contributed by atoms with van der Waals surface area (Å²) < 4.78 is 17.0. The smallest absolute Gasteiger partial charge is 0.306 e. The van der Waals surface area contributed by atoms with Crippen LogP contribution in [0.15, 0.2) is 60.8 Å². The zero-order valence-corrected chi connectivity index (χ0v) is 55.7. The van der Waals surface area contributed by atoms with Crippen molar-refractivity contribution in [3.63, 3.8) is 0 Å². The molecule has 0 N–H and O–H groups in total. The Bertz CT molecular complexity index is 1470. The van der Waals surface area contributed by atoms with Gasteiger partial charge in [-0.15, -0.1) is 0 Å². The minimum atomic E-state index is -0.770. The lowest BCUT2D eigenvalue weighted by atomic mass is 10.0. The van der Waals surface area contributed by atoms with Gasteiger partial charge in [0.25, 0.3) is 0 Å². The van der Waals surface area contributed by atoms with Gasteiger partial charge in [-0.05, 0) is 64.2 Å². The first-order valence-electron chi connectivity index (χ1n) is 36.8. The SMILES string of the molecule is CC/C=C\C/C=C\C/C=C\C/C=C\C/C=C\CCCCCCCCCCCCCCCCCC(=O)OCC(COC(=O)CCCCCCCCCCCCCCCCC)OC(=O)CCCCCCCCCCCCCCCCCCCCC. The van der Waals surface area contributed by atoms with E-state index in [0.717, 1.165) is 89.9 Å². The number of rotatable bonds is 68. The second-order valence-corrected chi connectivity index (χ2v) is 24.8. The minimum absolute atomic E-state index is 0.0662. The highest BCUT2D eigenvalue weighted by Crippen LogP contribution is 2.19. The largest absolute Gasteiger partial charge is 0.462 e. The fourth-order valence-corrected chi connectivity index (χ4v) is 11.1. The number of esters is 3. The number of hydrogen-bond donors (Lipinski definition) is 0. The van der Waals surface area contributed by atoms with Crippen LogP contribution in [0.3, 0.4) is 0 Å². The first kappa shape index (κ1) is 80.1. The molecule has 0 fully saturated rings. The standard InChI is InChI=1S/C77H140O6/c1-4-7-10-13-16-19-22-25-28-30-32-33-34-35-36-37-38-39-40-41-42-43-45-46-49-52-55-58-61-64-67-70-76(79)82-73-74(72-81-75(78)69-66-63-60-57-54-51-48-27-24-21-18-15-12-9-6-3)83-77(80)71-68-65-62-59-56-53-50-47-44-31-29-26-23-20-17-14-11-8-5-2/h7,10,16,19,25,28,32-33,35-36,74H,4-6,8-9,11-15,17-18,20-24,26-27,29-31,34,37-73H2,1-3H3/b10-7-,19-16-,28-25-,33-32-,36-35-. The molecule has 0 aromatic heterocycles. The molecule has 6 heteroatoms. The third-order valence-electron chi connectivity index (χ3n) is 16.5. The summed E-state index contributed by atoms with van der Waals surface area (Å²) in [7, 11) is 0. The molecule has 0 aromatic rings. The normalized spacial score (nSPS) is 12.4. The topological polar surface area (TPSA) is 78.9 Å². The Kier molecular flexibility index (Phi) is 69.1. The molecule has 1 unspecified atom stereocenters. The van der Waals surface area contributed by atoms with E-state index in [1.165, 1.54) is 263 Å². The average Bonchev–Trinajstić information content (AvgIpc) is 3.49. The second-order valence-electron chi connectivity index (χ2n) is 24.8. The molecule has 0 radical (unpaired) electrons. The zero-order chi connectivity index (χ0) is 59.9. The molecule has 484 valence electrons. The molecule has 0 bridgehead atoms. The molecule has 0 aliphatic carbocycles. The molecule has 0 saturated heterocycles. The second kappa shape index (κ2) is 71.6. The highest BCUT2D eigenvalue weighted by Gasteiger charge is 2.19. The first-order chi connectivity index (χ1) is 41.0. The van der Waals surface area contributed by atoms with Gasteiger partial charge >= 0.3 is 17.9 Å². The Morgan fingerprint density at radius 3 is 0.735 bits per heavy atom. The van der Waals surface area contributed by atoms with E-state index in [1.54, 1.807) is 0 Å². The molecule has 0 rings (SSSR count). The lowest BCUT2D eigenvalue weighted by Gasteiger charge is -2.18. The van der Waals surface area contributed by atoms with Gasteiger partial charge in [0.15, 0.2) is 6.10 Å². The zero-order valence-electron chi connectivity index (χ0n) is 55.7. The molecule has 83 heavy (non-hydrogen) atoms. The van der Waals surface area contributed by atoms with Crippen LogP contribution in [0.4, 0.5) is 0 Å². The highest BCUT2D eigenvalue weighted by atomic mass is 16.6. The van der Waals surface area contributed by atoms with Gasteiger partial charge in [-0.2, -0.15) is 0 Å². The van der Waals surface area contributed by atoms with Crippen molar-refractivity contribution in [3.05, 3.63) is 60.8 Å². The Balaban J connectivity index is 4.21. The van der Waals surface area contributed by atoms with Crippen LogP contribution in [0.1, 0.15) is 393 Å². The predicted molar refractivity (Wildman–Crippen MR) is 362 cm³/mol. The monoisotopic (exact) mass is 1160 g/mol. The van der Waals surface area contributed by atoms with E-state index in [0.29, 0.717) is 19.3 Å². The van der Waals surface area contributed by atoms with Gasteiger partial charge in [0, 0.05) is 19.3 Å². The Morgan fingerprint density at radius 1 is 0.253 bits per heavy atom. The van der Waals surface area contributed by atoms with Gasteiger partial charge in [0.05, 0.1) is 0 Å². The van der Waals surface area contributed by atoms with Crippen molar-refractivity contribution in [3.8, 4) is 0 Å². The maximum Gasteiger partial charge on any atom is 0.306 e. The first-order valence-corrected chi connectivity index (χ1v) is 36.8. The lowest BCUT2D eigenvalue weighted by molar-refractivity contribution is -0.167. The van der Waals surface area contributed by atoms with E-state index >= 15 is 0 Å². The van der Waals surface area contributed by atoms with Crippen LogP contribution in [-0.2, 0) is 28.6 Å². The van der Waals surface area contributed by atoms with Gasteiger partial charge < -0.3 is 14.2 Å².